The van der Waals surface area contributed by atoms with Crippen LogP contribution in [0, 0.1) is 0 Å². The number of Topliss-reactive ketones (excluding diaryl/α,β-unsaturated/α-hetero) is 1. The highest BCUT2D eigenvalue weighted by Gasteiger charge is 2.19. The Labute approximate surface area is 171 Å². The van der Waals surface area contributed by atoms with E-state index in [2.05, 4.69) is 28.4 Å². The van der Waals surface area contributed by atoms with Gasteiger partial charge in [-0.3, -0.25) is 14.5 Å². The van der Waals surface area contributed by atoms with Crippen molar-refractivity contribution in [2.75, 3.05) is 26.7 Å². The zero-order valence-corrected chi connectivity index (χ0v) is 16.8. The minimum Gasteiger partial charge on any atom is -0.485 e. The van der Waals surface area contributed by atoms with Gasteiger partial charge >= 0.3 is 0 Å². The number of ether oxygens (including phenoxy) is 1. The molecule has 0 fully saturated rings. The summed E-state index contributed by atoms with van der Waals surface area (Å²) in [6, 6.07) is 15.2. The fraction of sp³-hybridized carbons (Fsp3) is 0.391. The number of amides is 1. The van der Waals surface area contributed by atoms with Crippen molar-refractivity contribution >= 4 is 11.7 Å². The van der Waals surface area contributed by atoms with Crippen molar-refractivity contribution in [1.82, 2.24) is 10.2 Å². The molecule has 2 N–H and O–H groups in total. The molecule has 6 heteroatoms. The maximum absolute atomic E-state index is 12.2. The minimum atomic E-state index is -0.553. The fourth-order valence-electron chi connectivity index (χ4n) is 3.57. The highest BCUT2D eigenvalue weighted by Crippen LogP contribution is 2.20. The van der Waals surface area contributed by atoms with Gasteiger partial charge in [-0.15, -0.1) is 0 Å². The van der Waals surface area contributed by atoms with E-state index in [1.54, 1.807) is 31.3 Å². The van der Waals surface area contributed by atoms with Crippen molar-refractivity contribution in [2.24, 2.45) is 0 Å². The van der Waals surface area contributed by atoms with Gasteiger partial charge in [-0.2, -0.15) is 0 Å². The molecular formula is C23H28N2O4. The second-order valence-corrected chi connectivity index (χ2v) is 7.35. The van der Waals surface area contributed by atoms with Gasteiger partial charge < -0.3 is 15.2 Å². The second kappa shape index (κ2) is 10.2. The Morgan fingerprint density at radius 2 is 1.86 bits per heavy atom. The number of ketones is 1. The number of fused-ring (bicyclic) bond motifs is 1. The van der Waals surface area contributed by atoms with Crippen LogP contribution in [0.5, 0.6) is 5.75 Å². The number of benzene rings is 2. The molecule has 1 unspecified atom stereocenters. The van der Waals surface area contributed by atoms with E-state index in [9.17, 15) is 14.7 Å². The lowest BCUT2D eigenvalue weighted by atomic mass is 9.99. The number of aliphatic hydroxyl groups excluding tert-OH is 1. The Hall–Kier alpha value is -2.70. The summed E-state index contributed by atoms with van der Waals surface area (Å²) in [5.41, 5.74) is 3.08. The first-order valence-corrected chi connectivity index (χ1v) is 9.99. The van der Waals surface area contributed by atoms with Crippen LogP contribution in [0.25, 0.3) is 0 Å². The number of β-amino-alcohol motifs (C(OH)–C–C–N with tert-alkyl or cyclic N) is 1. The summed E-state index contributed by atoms with van der Waals surface area (Å²) < 4.78 is 5.54. The van der Waals surface area contributed by atoms with Crippen LogP contribution in [0.2, 0.25) is 0 Å². The highest BCUT2D eigenvalue weighted by molar-refractivity contribution is 5.96. The van der Waals surface area contributed by atoms with Crippen LogP contribution >= 0.6 is 0 Å². The van der Waals surface area contributed by atoms with Crippen LogP contribution in [0.15, 0.2) is 48.5 Å². The van der Waals surface area contributed by atoms with Crippen LogP contribution in [0.3, 0.4) is 0 Å². The van der Waals surface area contributed by atoms with Gasteiger partial charge in [0.15, 0.2) is 5.78 Å². The highest BCUT2D eigenvalue weighted by atomic mass is 16.5. The molecular weight excluding hydrogens is 368 g/mol. The lowest BCUT2D eigenvalue weighted by molar-refractivity contribution is -0.121. The molecule has 1 amide bonds. The van der Waals surface area contributed by atoms with Gasteiger partial charge in [-0.25, -0.2) is 0 Å². The zero-order valence-electron chi connectivity index (χ0n) is 16.8. The van der Waals surface area contributed by atoms with E-state index < -0.39 is 6.10 Å². The van der Waals surface area contributed by atoms with E-state index in [1.807, 2.05) is 6.07 Å². The Bertz CT molecular complexity index is 852. The van der Waals surface area contributed by atoms with E-state index in [0.29, 0.717) is 24.3 Å². The van der Waals surface area contributed by atoms with Crippen LogP contribution in [-0.2, 0) is 17.8 Å². The predicted octanol–water partition coefficient (Wildman–Crippen LogP) is 2.19. The van der Waals surface area contributed by atoms with Gasteiger partial charge in [-0.1, -0.05) is 36.4 Å². The number of hydrogen-bond acceptors (Lipinski definition) is 5. The maximum atomic E-state index is 12.2. The number of carbonyl (C=O) groups is 2. The Kier molecular flexibility index (Phi) is 7.38. The van der Waals surface area contributed by atoms with Gasteiger partial charge in [0.05, 0.1) is 11.7 Å². The van der Waals surface area contributed by atoms with Gasteiger partial charge in [-0.05, 0) is 36.1 Å². The molecule has 29 heavy (non-hydrogen) atoms. The topological polar surface area (TPSA) is 78.9 Å². The fourth-order valence-corrected chi connectivity index (χ4v) is 3.57. The van der Waals surface area contributed by atoms with E-state index in [1.165, 1.54) is 11.1 Å². The lowest BCUT2D eigenvalue weighted by Gasteiger charge is -2.30. The molecule has 3 rings (SSSR count). The molecule has 0 spiro atoms. The van der Waals surface area contributed by atoms with E-state index in [0.717, 1.165) is 19.5 Å². The van der Waals surface area contributed by atoms with Gasteiger partial charge in [0.1, 0.15) is 12.4 Å². The largest absolute Gasteiger partial charge is 0.485 e. The molecule has 6 nitrogen and oxygen atoms in total. The summed E-state index contributed by atoms with van der Waals surface area (Å²) in [6.07, 6.45) is 1.08. The number of hydrogen-bond donors (Lipinski definition) is 2. The summed E-state index contributed by atoms with van der Waals surface area (Å²) >= 11 is 0. The van der Waals surface area contributed by atoms with Crippen LogP contribution in [0.1, 0.15) is 34.3 Å². The predicted molar refractivity (Wildman–Crippen MR) is 111 cm³/mol. The molecule has 154 valence electrons. The van der Waals surface area contributed by atoms with Crippen molar-refractivity contribution < 1.29 is 19.4 Å². The molecule has 2 aromatic carbocycles. The average Bonchev–Trinajstić information content (AvgIpc) is 2.75. The summed E-state index contributed by atoms with van der Waals surface area (Å²) in [5, 5.41) is 12.9. The van der Waals surface area contributed by atoms with Crippen LogP contribution < -0.4 is 10.1 Å². The molecule has 0 saturated heterocycles. The average molecular weight is 396 g/mol. The third-order valence-corrected chi connectivity index (χ3v) is 5.18. The molecule has 0 radical (unpaired) electrons. The van der Waals surface area contributed by atoms with Crippen molar-refractivity contribution in [2.45, 2.75) is 31.9 Å². The molecule has 0 saturated carbocycles. The first-order chi connectivity index (χ1) is 14.1. The third kappa shape index (κ3) is 5.89. The first-order valence-electron chi connectivity index (χ1n) is 9.99. The summed E-state index contributed by atoms with van der Waals surface area (Å²) in [4.78, 5) is 26.3. The molecule has 0 bridgehead atoms. The minimum absolute atomic E-state index is 0.0975. The maximum Gasteiger partial charge on any atom is 0.254 e. The Morgan fingerprint density at radius 3 is 2.66 bits per heavy atom. The van der Waals surface area contributed by atoms with E-state index in [4.69, 9.17) is 4.74 Å². The molecule has 2 aromatic rings. The van der Waals surface area contributed by atoms with Crippen LogP contribution in [0.4, 0.5) is 0 Å². The monoisotopic (exact) mass is 396 g/mol. The number of nitrogens with zero attached hydrogens (tertiary/aromatic N) is 1. The molecule has 1 aliphatic rings. The van der Waals surface area contributed by atoms with Crippen molar-refractivity contribution in [3.05, 3.63) is 65.2 Å². The molecule has 1 aliphatic heterocycles. The Morgan fingerprint density at radius 1 is 1.14 bits per heavy atom. The number of carbonyl (C=O) groups excluding carboxylic acids is 2. The summed E-state index contributed by atoms with van der Waals surface area (Å²) in [6.45, 7) is 2.20. The van der Waals surface area contributed by atoms with Gasteiger partial charge in [0.25, 0.3) is 5.91 Å². The standard InChI is InChI=1S/C23H28N2O4/c1-24-23(28)21-8-4-5-9-22(21)29-16-20(27)11-10-19(26)15-25-13-12-17-6-2-3-7-18(17)14-25/h2-9,19,26H,10-16H2,1H3,(H,24,28). The van der Waals surface area contributed by atoms with Crippen molar-refractivity contribution in [1.29, 1.82) is 0 Å². The first kappa shape index (κ1) is 21.0. The van der Waals surface area contributed by atoms with Gasteiger partial charge in [0, 0.05) is 33.1 Å². The summed E-state index contributed by atoms with van der Waals surface area (Å²) in [7, 11) is 1.55. The number of rotatable bonds is 9. The number of nitrogens with one attached hydrogen (secondary N) is 1. The number of para-hydroxylation sites is 1. The quantitative estimate of drug-likeness (QED) is 0.679. The van der Waals surface area contributed by atoms with Crippen LogP contribution in [-0.4, -0.2) is 54.5 Å². The SMILES string of the molecule is CNC(=O)c1ccccc1OCC(=O)CCC(O)CN1CCc2ccccc2C1. The van der Waals surface area contributed by atoms with Crippen molar-refractivity contribution in [3.63, 3.8) is 0 Å². The third-order valence-electron chi connectivity index (χ3n) is 5.18. The van der Waals surface area contributed by atoms with E-state index in [-0.39, 0.29) is 24.7 Å². The normalized spacial score (nSPS) is 14.7. The van der Waals surface area contributed by atoms with Crippen molar-refractivity contribution in [3.8, 4) is 5.75 Å². The molecule has 1 atom stereocenters. The smallest absolute Gasteiger partial charge is 0.254 e. The molecule has 0 aliphatic carbocycles. The molecule has 1 heterocycles. The Balaban J connectivity index is 1.41. The zero-order chi connectivity index (χ0) is 20.6. The molecule has 0 aromatic heterocycles. The second-order valence-electron chi connectivity index (χ2n) is 7.35. The summed E-state index contributed by atoms with van der Waals surface area (Å²) in [5.74, 6) is 0.0269. The van der Waals surface area contributed by atoms with E-state index >= 15 is 0 Å². The van der Waals surface area contributed by atoms with Gasteiger partial charge in [0.2, 0.25) is 0 Å². The lowest BCUT2D eigenvalue weighted by Crippen LogP contribution is -2.36. The number of aliphatic hydroxyl groups is 1.